The second kappa shape index (κ2) is 8.99. The number of nitrogens with one attached hydrogen (secondary N) is 1. The fourth-order valence-corrected chi connectivity index (χ4v) is 4.99. The molecule has 2 aromatic carbocycles. The summed E-state index contributed by atoms with van der Waals surface area (Å²) >= 11 is 0. The summed E-state index contributed by atoms with van der Waals surface area (Å²) in [5.74, 6) is -1.61. The quantitative estimate of drug-likeness (QED) is 0.602. The number of anilines is 1. The van der Waals surface area contributed by atoms with Gasteiger partial charge in [-0.2, -0.15) is 0 Å². The van der Waals surface area contributed by atoms with Gasteiger partial charge in [0.1, 0.15) is 0 Å². The Morgan fingerprint density at radius 3 is 2.41 bits per heavy atom. The number of ether oxygens (including phenoxy) is 2. The summed E-state index contributed by atoms with van der Waals surface area (Å²) in [7, 11) is -2.52. The number of nitrogens with zero attached hydrogens (tertiary/aromatic N) is 1. The van der Waals surface area contributed by atoms with E-state index in [-0.39, 0.29) is 28.1 Å². The summed E-state index contributed by atoms with van der Waals surface area (Å²) in [5, 5.41) is 0.950. The molecule has 3 amide bonds. The van der Waals surface area contributed by atoms with Gasteiger partial charge in [-0.3, -0.25) is 19.3 Å². The van der Waals surface area contributed by atoms with E-state index >= 15 is 0 Å². The minimum atomic E-state index is -3.97. The zero-order valence-corrected chi connectivity index (χ0v) is 19.0. The number of amides is 3. The SMILES string of the molecule is CCOc1cc([C@H](N2C(=O)c3cccc(NC(C)=O)c3C2=O)S(=O)(=O)CC)ccc1OC. The molecule has 0 bridgehead atoms. The first kappa shape index (κ1) is 23.3. The second-order valence-corrected chi connectivity index (χ2v) is 9.39. The lowest BCUT2D eigenvalue weighted by atomic mass is 10.1. The number of sulfone groups is 1. The molecule has 1 aliphatic rings. The molecule has 32 heavy (non-hydrogen) atoms. The molecule has 0 fully saturated rings. The normalized spacial score (nSPS) is 14.2. The molecular weight excluding hydrogens is 436 g/mol. The van der Waals surface area contributed by atoms with Crippen molar-refractivity contribution in [3.8, 4) is 11.5 Å². The van der Waals surface area contributed by atoms with Crippen LogP contribution >= 0.6 is 0 Å². The molecule has 1 N–H and O–H groups in total. The fraction of sp³-hybridized carbons (Fsp3) is 0.318. The average Bonchev–Trinajstić information content (AvgIpc) is 3.00. The van der Waals surface area contributed by atoms with Crippen LogP contribution in [0.5, 0.6) is 11.5 Å². The second-order valence-electron chi connectivity index (χ2n) is 7.04. The lowest BCUT2D eigenvalue weighted by Gasteiger charge is -2.26. The van der Waals surface area contributed by atoms with Crippen molar-refractivity contribution in [2.45, 2.75) is 26.1 Å². The van der Waals surface area contributed by atoms with E-state index in [1.807, 2.05) is 0 Å². The molecule has 0 aromatic heterocycles. The summed E-state index contributed by atoms with van der Waals surface area (Å²) in [5.41, 5.74) is 0.318. The Labute approximate surface area is 186 Å². The summed E-state index contributed by atoms with van der Waals surface area (Å²) in [4.78, 5) is 38.9. The summed E-state index contributed by atoms with van der Waals surface area (Å²) in [6.07, 6.45) is 0. The van der Waals surface area contributed by atoms with Crippen LogP contribution in [-0.4, -0.2) is 50.5 Å². The van der Waals surface area contributed by atoms with Crippen molar-refractivity contribution in [3.63, 3.8) is 0 Å². The Morgan fingerprint density at radius 1 is 1.09 bits per heavy atom. The molecule has 0 spiro atoms. The monoisotopic (exact) mass is 460 g/mol. The van der Waals surface area contributed by atoms with Gasteiger partial charge in [-0.15, -0.1) is 0 Å². The fourth-order valence-electron chi connectivity index (χ4n) is 3.60. The standard InChI is InChI=1S/C22H24N2O7S/c1-5-31-18-12-14(10-11-17(18)30-4)22(32(28,29)6-2)24-20(26)15-8-7-9-16(23-13(3)25)19(15)21(24)27/h7-12,22H,5-6H2,1-4H3,(H,23,25)/t22-/m1/s1. The van der Waals surface area contributed by atoms with Gasteiger partial charge in [0, 0.05) is 12.7 Å². The van der Waals surface area contributed by atoms with Gasteiger partial charge < -0.3 is 14.8 Å². The number of carbonyl (C=O) groups excluding carboxylic acids is 3. The van der Waals surface area contributed by atoms with Crippen molar-refractivity contribution in [1.82, 2.24) is 4.90 Å². The smallest absolute Gasteiger partial charge is 0.265 e. The molecule has 1 heterocycles. The Hall–Kier alpha value is -3.40. The van der Waals surface area contributed by atoms with Crippen LogP contribution in [0.3, 0.4) is 0 Å². The predicted octanol–water partition coefficient (Wildman–Crippen LogP) is 2.78. The van der Waals surface area contributed by atoms with Crippen LogP contribution in [0.15, 0.2) is 36.4 Å². The highest BCUT2D eigenvalue weighted by Crippen LogP contribution is 2.40. The van der Waals surface area contributed by atoms with E-state index in [0.717, 1.165) is 4.90 Å². The Bertz CT molecular complexity index is 1190. The number of carbonyl (C=O) groups is 3. The van der Waals surface area contributed by atoms with Crippen LogP contribution in [0, 0.1) is 0 Å². The first-order valence-corrected chi connectivity index (χ1v) is 11.7. The molecule has 0 saturated heterocycles. The van der Waals surface area contributed by atoms with Crippen LogP contribution in [0.25, 0.3) is 0 Å². The first-order chi connectivity index (χ1) is 15.2. The molecule has 2 aromatic rings. The largest absolute Gasteiger partial charge is 0.493 e. The molecule has 9 nitrogen and oxygen atoms in total. The third-order valence-electron chi connectivity index (χ3n) is 5.01. The zero-order valence-electron chi connectivity index (χ0n) is 18.2. The van der Waals surface area contributed by atoms with Crippen molar-refractivity contribution in [2.24, 2.45) is 0 Å². The highest BCUT2D eigenvalue weighted by molar-refractivity contribution is 7.91. The maximum absolute atomic E-state index is 13.4. The molecule has 1 atom stereocenters. The number of fused-ring (bicyclic) bond motifs is 1. The van der Waals surface area contributed by atoms with Crippen LogP contribution in [-0.2, 0) is 14.6 Å². The Morgan fingerprint density at radius 2 is 1.81 bits per heavy atom. The van der Waals surface area contributed by atoms with Gasteiger partial charge in [0.15, 0.2) is 26.7 Å². The van der Waals surface area contributed by atoms with Crippen molar-refractivity contribution >= 4 is 33.2 Å². The van der Waals surface area contributed by atoms with Crippen molar-refractivity contribution in [2.75, 3.05) is 24.8 Å². The van der Waals surface area contributed by atoms with Crippen molar-refractivity contribution < 1.29 is 32.3 Å². The number of methoxy groups -OCH3 is 1. The number of rotatable bonds is 8. The van der Waals surface area contributed by atoms with E-state index in [1.54, 1.807) is 6.92 Å². The van der Waals surface area contributed by atoms with Crippen LogP contribution in [0.4, 0.5) is 5.69 Å². The maximum atomic E-state index is 13.4. The number of hydrogen-bond acceptors (Lipinski definition) is 7. The zero-order chi connectivity index (χ0) is 23.6. The minimum Gasteiger partial charge on any atom is -0.493 e. The van der Waals surface area contributed by atoms with Crippen molar-refractivity contribution in [3.05, 3.63) is 53.1 Å². The first-order valence-electron chi connectivity index (χ1n) is 9.97. The van der Waals surface area contributed by atoms with E-state index in [2.05, 4.69) is 5.32 Å². The van der Waals surface area contributed by atoms with Gasteiger partial charge >= 0.3 is 0 Å². The highest BCUT2D eigenvalue weighted by atomic mass is 32.2. The van der Waals surface area contributed by atoms with Crippen LogP contribution < -0.4 is 14.8 Å². The molecule has 0 aliphatic carbocycles. The lowest BCUT2D eigenvalue weighted by Crippen LogP contribution is -2.39. The van der Waals surface area contributed by atoms with Gasteiger partial charge in [-0.25, -0.2) is 8.42 Å². The Kier molecular flexibility index (Phi) is 6.54. The molecule has 0 saturated carbocycles. The third kappa shape index (κ3) is 4.05. The van der Waals surface area contributed by atoms with Crippen LogP contribution in [0.2, 0.25) is 0 Å². The lowest BCUT2D eigenvalue weighted by molar-refractivity contribution is -0.114. The summed E-state index contributed by atoms with van der Waals surface area (Å²) in [6, 6.07) is 8.90. The summed E-state index contributed by atoms with van der Waals surface area (Å²) in [6.45, 7) is 4.78. The number of benzene rings is 2. The third-order valence-corrected chi connectivity index (χ3v) is 6.97. The van der Waals surface area contributed by atoms with Crippen LogP contribution in [0.1, 0.15) is 52.4 Å². The van der Waals surface area contributed by atoms with Gasteiger partial charge in [0.25, 0.3) is 11.8 Å². The van der Waals surface area contributed by atoms with E-state index in [0.29, 0.717) is 18.1 Å². The highest BCUT2D eigenvalue weighted by Gasteiger charge is 2.46. The number of hydrogen-bond donors (Lipinski definition) is 1. The maximum Gasteiger partial charge on any atom is 0.265 e. The summed E-state index contributed by atoms with van der Waals surface area (Å²) < 4.78 is 37.1. The number of imide groups is 1. The molecular formula is C22H24N2O7S. The predicted molar refractivity (Wildman–Crippen MR) is 118 cm³/mol. The van der Waals surface area contributed by atoms with E-state index in [9.17, 15) is 22.8 Å². The van der Waals surface area contributed by atoms with Gasteiger partial charge in [0.05, 0.1) is 30.5 Å². The Balaban J connectivity index is 2.18. The van der Waals surface area contributed by atoms with E-state index in [4.69, 9.17) is 9.47 Å². The molecule has 0 radical (unpaired) electrons. The molecule has 10 heteroatoms. The van der Waals surface area contributed by atoms with Gasteiger partial charge in [0.2, 0.25) is 5.91 Å². The van der Waals surface area contributed by atoms with Gasteiger partial charge in [-0.05, 0) is 36.8 Å². The minimum absolute atomic E-state index is 0.0242. The molecule has 0 unspecified atom stereocenters. The van der Waals surface area contributed by atoms with Gasteiger partial charge in [-0.1, -0.05) is 19.1 Å². The molecule has 1 aliphatic heterocycles. The van der Waals surface area contributed by atoms with Crippen molar-refractivity contribution in [1.29, 1.82) is 0 Å². The average molecular weight is 461 g/mol. The molecule has 3 rings (SSSR count). The topological polar surface area (TPSA) is 119 Å². The molecule has 170 valence electrons. The van der Waals surface area contributed by atoms with E-state index < -0.39 is 32.9 Å². The van der Waals surface area contributed by atoms with E-state index in [1.165, 1.54) is 57.4 Å².